The smallest absolute Gasteiger partial charge is 0.231 e. The predicted octanol–water partition coefficient (Wildman–Crippen LogP) is 4.58. The van der Waals surface area contributed by atoms with Crippen molar-refractivity contribution < 1.29 is 28.5 Å². The van der Waals surface area contributed by atoms with Crippen molar-refractivity contribution in [2.45, 2.75) is 0 Å². The van der Waals surface area contributed by atoms with Crippen LogP contribution >= 0.6 is 0 Å². The molecule has 4 rings (SSSR count). The quantitative estimate of drug-likeness (QED) is 0.415. The first-order valence-corrected chi connectivity index (χ1v) is 9.60. The molecule has 156 valence electrons. The average Bonchev–Trinajstić information content (AvgIpc) is 3.12. The lowest BCUT2D eigenvalue weighted by Crippen LogP contribution is -2.11. The van der Waals surface area contributed by atoms with Crippen LogP contribution in [0.15, 0.2) is 72.5 Å². The summed E-state index contributed by atoms with van der Waals surface area (Å²) >= 11 is 0. The van der Waals surface area contributed by atoms with Crippen molar-refractivity contribution in [3.63, 3.8) is 0 Å². The van der Waals surface area contributed by atoms with E-state index in [1.807, 2.05) is 24.3 Å². The minimum absolute atomic E-state index is 0.136. The second-order valence-electron chi connectivity index (χ2n) is 6.78. The van der Waals surface area contributed by atoms with Gasteiger partial charge in [-0.3, -0.25) is 9.59 Å². The predicted molar refractivity (Wildman–Crippen MR) is 115 cm³/mol. The zero-order valence-corrected chi connectivity index (χ0v) is 17.1. The normalized spacial score (nSPS) is 13.5. The van der Waals surface area contributed by atoms with E-state index in [1.165, 1.54) is 0 Å². The lowest BCUT2D eigenvalue weighted by Gasteiger charge is -2.07. The van der Waals surface area contributed by atoms with Gasteiger partial charge in [0.15, 0.2) is 18.1 Å². The molecule has 0 bridgehead atoms. The largest absolute Gasteiger partial charge is 0.497 e. The molecule has 6 nitrogen and oxygen atoms in total. The first kappa shape index (κ1) is 20.2. The van der Waals surface area contributed by atoms with Crippen molar-refractivity contribution in [3.8, 4) is 23.0 Å². The summed E-state index contributed by atoms with van der Waals surface area (Å²) in [4.78, 5) is 25.0. The maximum absolute atomic E-state index is 12.7. The summed E-state index contributed by atoms with van der Waals surface area (Å²) in [5.74, 6) is 1.95. The van der Waals surface area contributed by atoms with Crippen LogP contribution in [0.2, 0.25) is 0 Å². The number of para-hydroxylation sites is 1. The Morgan fingerprint density at radius 3 is 2.42 bits per heavy atom. The molecule has 3 aromatic rings. The molecular formula is C25H20O6. The van der Waals surface area contributed by atoms with Gasteiger partial charge >= 0.3 is 0 Å². The molecule has 0 aliphatic carbocycles. The van der Waals surface area contributed by atoms with E-state index in [0.717, 1.165) is 5.56 Å². The highest BCUT2D eigenvalue weighted by molar-refractivity contribution is 6.14. The number of hydrogen-bond donors (Lipinski definition) is 0. The van der Waals surface area contributed by atoms with Gasteiger partial charge in [0.05, 0.1) is 19.8 Å². The maximum atomic E-state index is 12.7. The zero-order valence-electron chi connectivity index (χ0n) is 17.1. The molecule has 0 amide bonds. The summed E-state index contributed by atoms with van der Waals surface area (Å²) in [7, 11) is 3.14. The Morgan fingerprint density at radius 1 is 0.935 bits per heavy atom. The third kappa shape index (κ3) is 4.28. The number of carbonyl (C=O) groups excluding carboxylic acids is 2. The third-order valence-corrected chi connectivity index (χ3v) is 4.85. The SMILES string of the molecule is COc1ccc(C(=O)COc2ccc3c(c2)O/C(=C\c2ccccc2OC)C3=O)cc1. The van der Waals surface area contributed by atoms with E-state index in [2.05, 4.69) is 0 Å². The van der Waals surface area contributed by atoms with E-state index in [0.29, 0.717) is 34.1 Å². The van der Waals surface area contributed by atoms with Crippen LogP contribution < -0.4 is 18.9 Å². The number of carbonyl (C=O) groups is 2. The molecule has 0 aromatic heterocycles. The molecule has 1 aliphatic heterocycles. The molecule has 0 unspecified atom stereocenters. The number of benzene rings is 3. The standard InChI is InChI=1S/C25H20O6/c1-28-18-9-7-16(8-10-18)21(26)15-30-19-11-12-20-23(14-19)31-24(25(20)27)13-17-5-3-4-6-22(17)29-2/h3-14H,15H2,1-2H3/b24-13-. The average molecular weight is 416 g/mol. The van der Waals surface area contributed by atoms with Crippen LogP contribution in [0.3, 0.4) is 0 Å². The number of hydrogen-bond acceptors (Lipinski definition) is 6. The van der Waals surface area contributed by atoms with Gasteiger partial charge in [-0.05, 0) is 48.5 Å². The number of ketones is 2. The number of Topliss-reactive ketones (excluding diaryl/α,β-unsaturated/α-hetero) is 2. The molecule has 31 heavy (non-hydrogen) atoms. The molecule has 6 heteroatoms. The van der Waals surface area contributed by atoms with Gasteiger partial charge in [-0.2, -0.15) is 0 Å². The monoisotopic (exact) mass is 416 g/mol. The second-order valence-corrected chi connectivity index (χ2v) is 6.78. The Morgan fingerprint density at radius 2 is 1.68 bits per heavy atom. The van der Waals surface area contributed by atoms with Crippen molar-refractivity contribution in [2.24, 2.45) is 0 Å². The first-order chi connectivity index (χ1) is 15.1. The summed E-state index contributed by atoms with van der Waals surface area (Å²) in [5, 5.41) is 0. The van der Waals surface area contributed by atoms with Gasteiger partial charge < -0.3 is 18.9 Å². The molecule has 0 saturated carbocycles. The van der Waals surface area contributed by atoms with Crippen LogP contribution in [-0.4, -0.2) is 32.4 Å². The maximum Gasteiger partial charge on any atom is 0.231 e. The van der Waals surface area contributed by atoms with Crippen LogP contribution in [0.4, 0.5) is 0 Å². The number of fused-ring (bicyclic) bond motifs is 1. The fraction of sp³-hybridized carbons (Fsp3) is 0.120. The van der Waals surface area contributed by atoms with Crippen molar-refractivity contribution in [1.29, 1.82) is 0 Å². The van der Waals surface area contributed by atoms with Crippen LogP contribution in [0.25, 0.3) is 6.08 Å². The van der Waals surface area contributed by atoms with Crippen LogP contribution in [0, 0.1) is 0 Å². The molecule has 0 fully saturated rings. The number of methoxy groups -OCH3 is 2. The number of ether oxygens (including phenoxy) is 4. The molecule has 0 atom stereocenters. The molecular weight excluding hydrogens is 396 g/mol. The van der Waals surface area contributed by atoms with E-state index in [-0.39, 0.29) is 23.9 Å². The minimum Gasteiger partial charge on any atom is -0.497 e. The van der Waals surface area contributed by atoms with Gasteiger partial charge in [-0.15, -0.1) is 0 Å². The Bertz CT molecular complexity index is 1160. The fourth-order valence-corrected chi connectivity index (χ4v) is 3.19. The van der Waals surface area contributed by atoms with E-state index >= 15 is 0 Å². The minimum atomic E-state index is -0.221. The van der Waals surface area contributed by atoms with Crippen LogP contribution in [-0.2, 0) is 0 Å². The highest BCUT2D eigenvalue weighted by atomic mass is 16.5. The van der Waals surface area contributed by atoms with E-state index in [1.54, 1.807) is 62.8 Å². The van der Waals surface area contributed by atoms with Gasteiger partial charge in [0, 0.05) is 17.2 Å². The van der Waals surface area contributed by atoms with Crippen molar-refractivity contribution in [1.82, 2.24) is 0 Å². The summed E-state index contributed by atoms with van der Waals surface area (Å²) < 4.78 is 21.8. The number of rotatable bonds is 7. The lowest BCUT2D eigenvalue weighted by molar-refractivity contribution is 0.0920. The number of allylic oxidation sites excluding steroid dienone is 1. The molecule has 1 aliphatic rings. The highest BCUT2D eigenvalue weighted by Crippen LogP contribution is 2.35. The molecule has 0 spiro atoms. The van der Waals surface area contributed by atoms with Crippen molar-refractivity contribution >= 4 is 17.6 Å². The summed E-state index contributed by atoms with van der Waals surface area (Å²) in [6, 6.07) is 19.1. The summed E-state index contributed by atoms with van der Waals surface area (Å²) in [6.45, 7) is -0.136. The lowest BCUT2D eigenvalue weighted by atomic mass is 10.1. The Kier molecular flexibility index (Phi) is 5.71. The van der Waals surface area contributed by atoms with E-state index < -0.39 is 0 Å². The van der Waals surface area contributed by atoms with Gasteiger partial charge in [0.2, 0.25) is 5.78 Å². The first-order valence-electron chi connectivity index (χ1n) is 9.60. The van der Waals surface area contributed by atoms with Crippen molar-refractivity contribution in [2.75, 3.05) is 20.8 Å². The van der Waals surface area contributed by atoms with E-state index in [9.17, 15) is 9.59 Å². The Labute approximate surface area is 179 Å². The van der Waals surface area contributed by atoms with Crippen LogP contribution in [0.1, 0.15) is 26.3 Å². The van der Waals surface area contributed by atoms with Crippen LogP contribution in [0.5, 0.6) is 23.0 Å². The Hall–Kier alpha value is -4.06. The fourth-order valence-electron chi connectivity index (χ4n) is 3.19. The van der Waals surface area contributed by atoms with Gasteiger partial charge in [-0.1, -0.05) is 18.2 Å². The zero-order chi connectivity index (χ0) is 21.8. The summed E-state index contributed by atoms with van der Waals surface area (Å²) in [5.41, 5.74) is 1.70. The Balaban J connectivity index is 1.47. The second kappa shape index (κ2) is 8.75. The summed E-state index contributed by atoms with van der Waals surface area (Å²) in [6.07, 6.45) is 1.65. The topological polar surface area (TPSA) is 71.1 Å². The van der Waals surface area contributed by atoms with E-state index in [4.69, 9.17) is 18.9 Å². The van der Waals surface area contributed by atoms with Gasteiger partial charge in [0.1, 0.15) is 23.0 Å². The molecule has 0 saturated heterocycles. The van der Waals surface area contributed by atoms with Gasteiger partial charge in [0.25, 0.3) is 0 Å². The molecule has 1 heterocycles. The highest BCUT2D eigenvalue weighted by Gasteiger charge is 2.28. The molecule has 0 N–H and O–H groups in total. The molecule has 0 radical (unpaired) electrons. The van der Waals surface area contributed by atoms with Gasteiger partial charge in [-0.25, -0.2) is 0 Å². The third-order valence-electron chi connectivity index (χ3n) is 4.85. The van der Waals surface area contributed by atoms with Crippen molar-refractivity contribution in [3.05, 3.63) is 89.2 Å². The molecule has 3 aromatic carbocycles.